The second-order valence-corrected chi connectivity index (χ2v) is 7.31. The highest BCUT2D eigenvalue weighted by Crippen LogP contribution is 2.27. The van der Waals surface area contributed by atoms with Gasteiger partial charge in [-0.05, 0) is 31.9 Å². The Balaban J connectivity index is 1.57. The number of ether oxygens (including phenoxy) is 1. The van der Waals surface area contributed by atoms with E-state index in [4.69, 9.17) is 4.74 Å². The monoisotopic (exact) mass is 395 g/mol. The number of hydrazine groups is 1. The molecule has 3 aromatic rings. The number of hydrogen-bond donors (Lipinski definition) is 2. The fraction of sp³-hybridized carbons (Fsp3) is 0.190. The number of amides is 2. The number of carbonyl (C=O) groups is 2. The number of aryl methyl sites for hydroxylation is 3. The molecule has 2 aromatic carbocycles. The quantitative estimate of drug-likeness (QED) is 0.647. The molecule has 28 heavy (non-hydrogen) atoms. The van der Waals surface area contributed by atoms with Crippen molar-refractivity contribution in [2.75, 3.05) is 6.61 Å². The van der Waals surface area contributed by atoms with Crippen molar-refractivity contribution in [2.45, 2.75) is 20.8 Å². The first kappa shape index (κ1) is 19.6. The number of nitrogens with one attached hydrogen (secondary N) is 2. The third kappa shape index (κ3) is 4.55. The lowest BCUT2D eigenvalue weighted by molar-refractivity contribution is -0.123. The molecule has 3 rings (SSSR count). The Hall–Kier alpha value is -3.19. The van der Waals surface area contributed by atoms with Crippen molar-refractivity contribution >= 4 is 23.2 Å². The predicted molar refractivity (Wildman–Crippen MR) is 109 cm³/mol. The van der Waals surface area contributed by atoms with Crippen LogP contribution in [0.5, 0.6) is 5.75 Å². The lowest BCUT2D eigenvalue weighted by Gasteiger charge is -2.12. The third-order valence-corrected chi connectivity index (χ3v) is 5.30. The minimum Gasteiger partial charge on any atom is -0.483 e. The summed E-state index contributed by atoms with van der Waals surface area (Å²) in [5.74, 6) is -0.172. The fourth-order valence-electron chi connectivity index (χ4n) is 2.70. The molecule has 0 spiro atoms. The summed E-state index contributed by atoms with van der Waals surface area (Å²) in [6, 6.07) is 15.4. The van der Waals surface area contributed by atoms with Gasteiger partial charge in [0, 0.05) is 5.56 Å². The van der Waals surface area contributed by atoms with Crippen LogP contribution in [0, 0.1) is 20.8 Å². The van der Waals surface area contributed by atoms with E-state index in [1.807, 2.05) is 62.4 Å². The molecular weight excluding hydrogens is 374 g/mol. The first-order valence-corrected chi connectivity index (χ1v) is 9.58. The lowest BCUT2D eigenvalue weighted by Crippen LogP contribution is -2.43. The van der Waals surface area contributed by atoms with Crippen molar-refractivity contribution in [1.82, 2.24) is 15.8 Å². The Morgan fingerprint density at radius 2 is 1.64 bits per heavy atom. The summed E-state index contributed by atoms with van der Waals surface area (Å²) >= 11 is 1.28. The van der Waals surface area contributed by atoms with Gasteiger partial charge >= 0.3 is 0 Å². The van der Waals surface area contributed by atoms with Gasteiger partial charge in [0.2, 0.25) is 0 Å². The van der Waals surface area contributed by atoms with Crippen LogP contribution in [0.1, 0.15) is 26.5 Å². The number of benzene rings is 2. The van der Waals surface area contributed by atoms with Crippen LogP contribution < -0.4 is 15.6 Å². The maximum absolute atomic E-state index is 12.4. The summed E-state index contributed by atoms with van der Waals surface area (Å²) in [5.41, 5.74) is 8.26. The largest absolute Gasteiger partial charge is 0.483 e. The van der Waals surface area contributed by atoms with Gasteiger partial charge in [-0.2, -0.15) is 0 Å². The van der Waals surface area contributed by atoms with Gasteiger partial charge in [0.25, 0.3) is 11.8 Å². The molecule has 0 aliphatic heterocycles. The Morgan fingerprint density at radius 3 is 2.32 bits per heavy atom. The van der Waals surface area contributed by atoms with Gasteiger partial charge in [0.1, 0.15) is 15.6 Å². The van der Waals surface area contributed by atoms with E-state index < -0.39 is 11.8 Å². The highest BCUT2D eigenvalue weighted by Gasteiger charge is 2.17. The number of carbonyl (C=O) groups excluding carboxylic acids is 2. The van der Waals surface area contributed by atoms with Crippen LogP contribution in [0.2, 0.25) is 0 Å². The molecule has 6 nitrogen and oxygen atoms in total. The van der Waals surface area contributed by atoms with Gasteiger partial charge in [-0.1, -0.05) is 48.5 Å². The van der Waals surface area contributed by atoms with Crippen molar-refractivity contribution in [1.29, 1.82) is 0 Å². The van der Waals surface area contributed by atoms with Crippen LogP contribution in [0.4, 0.5) is 0 Å². The molecule has 0 unspecified atom stereocenters. The zero-order valence-electron chi connectivity index (χ0n) is 15.9. The molecular formula is C21H21N3O3S. The summed E-state index contributed by atoms with van der Waals surface area (Å²) in [6.07, 6.45) is 0. The molecule has 7 heteroatoms. The van der Waals surface area contributed by atoms with E-state index in [2.05, 4.69) is 15.8 Å². The third-order valence-electron chi connectivity index (χ3n) is 4.10. The molecule has 1 heterocycles. The Kier molecular flexibility index (Phi) is 6.06. The lowest BCUT2D eigenvalue weighted by atomic mass is 10.1. The number of aromatic nitrogens is 1. The van der Waals surface area contributed by atoms with Crippen molar-refractivity contribution in [2.24, 2.45) is 0 Å². The van der Waals surface area contributed by atoms with Crippen LogP contribution in [0.3, 0.4) is 0 Å². The topological polar surface area (TPSA) is 80.3 Å². The van der Waals surface area contributed by atoms with Crippen LogP contribution in [-0.4, -0.2) is 23.4 Å². The molecule has 1 aromatic heterocycles. The molecule has 0 aliphatic carbocycles. The summed E-state index contributed by atoms with van der Waals surface area (Å²) < 4.78 is 5.58. The molecule has 0 aliphatic rings. The smallest absolute Gasteiger partial charge is 0.281 e. The predicted octanol–water partition coefficient (Wildman–Crippen LogP) is 3.58. The van der Waals surface area contributed by atoms with Gasteiger partial charge in [0.05, 0.1) is 5.69 Å². The Morgan fingerprint density at radius 1 is 0.964 bits per heavy atom. The first-order chi connectivity index (χ1) is 13.5. The maximum Gasteiger partial charge on any atom is 0.281 e. The zero-order valence-corrected chi connectivity index (χ0v) is 16.7. The molecule has 2 N–H and O–H groups in total. The fourth-order valence-corrected chi connectivity index (χ4v) is 3.66. The highest BCUT2D eigenvalue weighted by molar-refractivity contribution is 7.17. The Bertz CT molecular complexity index is 979. The van der Waals surface area contributed by atoms with Crippen LogP contribution in [-0.2, 0) is 4.79 Å². The van der Waals surface area contributed by atoms with Crippen molar-refractivity contribution in [3.05, 3.63) is 70.2 Å². The van der Waals surface area contributed by atoms with E-state index >= 15 is 0 Å². The van der Waals surface area contributed by atoms with E-state index in [9.17, 15) is 9.59 Å². The number of para-hydroxylation sites is 1. The molecule has 0 saturated carbocycles. The highest BCUT2D eigenvalue weighted by atomic mass is 32.1. The summed E-state index contributed by atoms with van der Waals surface area (Å²) in [7, 11) is 0. The van der Waals surface area contributed by atoms with E-state index in [-0.39, 0.29) is 6.61 Å². The average Bonchev–Trinajstić information content (AvgIpc) is 3.08. The van der Waals surface area contributed by atoms with Crippen LogP contribution in [0.25, 0.3) is 10.6 Å². The summed E-state index contributed by atoms with van der Waals surface area (Å²) in [6.45, 7) is 5.41. The zero-order chi connectivity index (χ0) is 20.1. The minimum atomic E-state index is -0.443. The molecule has 0 radical (unpaired) electrons. The maximum atomic E-state index is 12.4. The van der Waals surface area contributed by atoms with Gasteiger partial charge in [-0.3, -0.25) is 20.4 Å². The van der Waals surface area contributed by atoms with E-state index in [1.54, 1.807) is 6.92 Å². The van der Waals surface area contributed by atoms with E-state index in [1.165, 1.54) is 11.3 Å². The summed E-state index contributed by atoms with van der Waals surface area (Å²) in [5, 5.41) is 0.757. The standard InChI is InChI=1S/C21H21N3O3S/c1-13-8-7-9-14(2)18(13)27-12-17(25)23-24-20(26)19-15(3)22-21(28-19)16-10-5-4-6-11-16/h4-11H,12H2,1-3H3,(H,23,25)(H,24,26). The van der Waals surface area contributed by atoms with Crippen LogP contribution >= 0.6 is 11.3 Å². The molecule has 0 fully saturated rings. The molecule has 0 saturated heterocycles. The van der Waals surface area contributed by atoms with Gasteiger partial charge in [-0.15, -0.1) is 11.3 Å². The summed E-state index contributed by atoms with van der Waals surface area (Å²) in [4.78, 5) is 29.3. The first-order valence-electron chi connectivity index (χ1n) is 8.76. The molecule has 0 atom stereocenters. The second-order valence-electron chi connectivity index (χ2n) is 6.31. The average molecular weight is 395 g/mol. The number of hydrogen-bond acceptors (Lipinski definition) is 5. The Labute approximate surface area is 167 Å². The molecule has 144 valence electrons. The molecule has 0 bridgehead atoms. The van der Waals surface area contributed by atoms with Crippen molar-refractivity contribution < 1.29 is 14.3 Å². The SMILES string of the molecule is Cc1cccc(C)c1OCC(=O)NNC(=O)c1sc(-c2ccccc2)nc1C. The van der Waals surface area contributed by atoms with Gasteiger partial charge in [-0.25, -0.2) is 4.98 Å². The second kappa shape index (κ2) is 8.67. The number of rotatable bonds is 5. The number of nitrogens with zero attached hydrogens (tertiary/aromatic N) is 1. The molecule has 2 amide bonds. The van der Waals surface area contributed by atoms with Crippen molar-refractivity contribution in [3.8, 4) is 16.3 Å². The van der Waals surface area contributed by atoms with E-state index in [0.29, 0.717) is 16.3 Å². The van der Waals surface area contributed by atoms with Crippen molar-refractivity contribution in [3.63, 3.8) is 0 Å². The number of thiazole rings is 1. The van der Waals surface area contributed by atoms with Crippen LogP contribution in [0.15, 0.2) is 48.5 Å². The van der Waals surface area contributed by atoms with E-state index in [0.717, 1.165) is 21.7 Å². The minimum absolute atomic E-state index is 0.192. The van der Waals surface area contributed by atoms with Gasteiger partial charge < -0.3 is 4.74 Å². The van der Waals surface area contributed by atoms with Gasteiger partial charge in [0.15, 0.2) is 6.61 Å². The normalized spacial score (nSPS) is 10.4.